The van der Waals surface area contributed by atoms with Gasteiger partial charge in [0.1, 0.15) is 11.6 Å². The first kappa shape index (κ1) is 19.8. The van der Waals surface area contributed by atoms with Crippen molar-refractivity contribution in [3.63, 3.8) is 0 Å². The number of hydrogen-bond donors (Lipinski definition) is 2. The number of guanidine groups is 1. The molecule has 28 heavy (non-hydrogen) atoms. The van der Waals surface area contributed by atoms with E-state index in [0.717, 1.165) is 25.0 Å². The molecule has 0 saturated carbocycles. The van der Waals surface area contributed by atoms with Crippen LogP contribution in [0.15, 0.2) is 47.5 Å². The van der Waals surface area contributed by atoms with Crippen molar-refractivity contribution in [2.45, 2.75) is 25.9 Å². The largest absolute Gasteiger partial charge is 0.495 e. The van der Waals surface area contributed by atoms with Gasteiger partial charge in [0.25, 0.3) is 5.91 Å². The highest BCUT2D eigenvalue weighted by Crippen LogP contribution is 2.25. The van der Waals surface area contributed by atoms with Crippen molar-refractivity contribution in [3.05, 3.63) is 59.4 Å². The Kier molecular flexibility index (Phi) is 6.60. The van der Waals surface area contributed by atoms with Gasteiger partial charge < -0.3 is 14.8 Å². The summed E-state index contributed by atoms with van der Waals surface area (Å²) in [4.78, 5) is 17.0. The predicted molar refractivity (Wildman–Crippen MR) is 106 cm³/mol. The number of benzene rings is 2. The first-order valence-corrected chi connectivity index (χ1v) is 9.20. The van der Waals surface area contributed by atoms with Crippen LogP contribution in [0.2, 0.25) is 0 Å². The lowest BCUT2D eigenvalue weighted by molar-refractivity contribution is 0.0975. The van der Waals surface area contributed by atoms with E-state index in [1.807, 2.05) is 25.1 Å². The Bertz CT molecular complexity index is 864. The van der Waals surface area contributed by atoms with Crippen LogP contribution in [-0.2, 0) is 4.74 Å². The molecule has 6 nitrogen and oxygen atoms in total. The van der Waals surface area contributed by atoms with Gasteiger partial charge in [-0.2, -0.15) is 0 Å². The number of amides is 1. The topological polar surface area (TPSA) is 71.9 Å². The Balaban J connectivity index is 1.81. The highest BCUT2D eigenvalue weighted by Gasteiger charge is 2.17. The zero-order valence-corrected chi connectivity index (χ0v) is 16.0. The molecule has 1 heterocycles. The number of rotatable bonds is 5. The molecule has 0 unspecified atom stereocenters. The molecule has 0 aliphatic carbocycles. The summed E-state index contributed by atoms with van der Waals surface area (Å²) in [7, 11) is 1.57. The van der Waals surface area contributed by atoms with Crippen LogP contribution in [-0.4, -0.2) is 38.2 Å². The number of methoxy groups -OCH3 is 1. The number of aliphatic imine (C=N–C) groups is 1. The van der Waals surface area contributed by atoms with Crippen molar-refractivity contribution in [2.24, 2.45) is 4.99 Å². The lowest BCUT2D eigenvalue weighted by Crippen LogP contribution is -2.37. The maximum atomic E-state index is 13.4. The molecule has 2 aromatic carbocycles. The van der Waals surface area contributed by atoms with Crippen molar-refractivity contribution in [3.8, 4) is 5.75 Å². The first-order chi connectivity index (χ1) is 13.5. The maximum absolute atomic E-state index is 13.4. The monoisotopic (exact) mass is 385 g/mol. The Hall–Kier alpha value is -2.93. The van der Waals surface area contributed by atoms with E-state index in [1.54, 1.807) is 13.2 Å². The normalized spacial score (nSPS) is 16.7. The SMILES string of the molecule is COc1ccc(C)cc1NC(=NC[C@H]1CCCO1)NC(=O)c1cccc(F)c1. The minimum absolute atomic E-state index is 0.0299. The average Bonchev–Trinajstić information content (AvgIpc) is 3.20. The van der Waals surface area contributed by atoms with Gasteiger partial charge in [-0.15, -0.1) is 0 Å². The number of carbonyl (C=O) groups excluding carboxylic acids is 1. The summed E-state index contributed by atoms with van der Waals surface area (Å²) < 4.78 is 24.4. The van der Waals surface area contributed by atoms with Gasteiger partial charge in [-0.05, 0) is 55.7 Å². The van der Waals surface area contributed by atoms with Crippen molar-refractivity contribution >= 4 is 17.6 Å². The van der Waals surface area contributed by atoms with Crippen molar-refractivity contribution < 1.29 is 18.7 Å². The lowest BCUT2D eigenvalue weighted by Gasteiger charge is -2.16. The Morgan fingerprint density at radius 2 is 2.18 bits per heavy atom. The molecular formula is C21H24FN3O3. The summed E-state index contributed by atoms with van der Waals surface area (Å²) >= 11 is 0. The van der Waals surface area contributed by atoms with Crippen LogP contribution in [0.1, 0.15) is 28.8 Å². The third kappa shape index (κ3) is 5.29. The molecule has 0 spiro atoms. The molecule has 1 atom stereocenters. The van der Waals surface area contributed by atoms with Gasteiger partial charge in [0.05, 0.1) is 25.4 Å². The van der Waals surface area contributed by atoms with E-state index in [-0.39, 0.29) is 17.6 Å². The fraction of sp³-hybridized carbons (Fsp3) is 0.333. The molecule has 2 aromatic rings. The molecule has 2 N–H and O–H groups in total. The minimum Gasteiger partial charge on any atom is -0.495 e. The van der Waals surface area contributed by atoms with Gasteiger partial charge in [0, 0.05) is 12.2 Å². The van der Waals surface area contributed by atoms with E-state index in [4.69, 9.17) is 9.47 Å². The van der Waals surface area contributed by atoms with Gasteiger partial charge in [0.15, 0.2) is 0 Å². The summed E-state index contributed by atoms with van der Waals surface area (Å²) in [5, 5.41) is 5.85. The summed E-state index contributed by atoms with van der Waals surface area (Å²) in [5.41, 5.74) is 1.91. The standard InChI is InChI=1S/C21H24FN3O3/c1-14-8-9-19(27-2)18(11-14)24-21(23-13-17-7-4-10-28-17)25-20(26)15-5-3-6-16(22)12-15/h3,5-6,8-9,11-12,17H,4,7,10,13H2,1-2H3,(H2,23,24,25,26)/t17-/m1/s1. The van der Waals surface area contributed by atoms with E-state index in [9.17, 15) is 9.18 Å². The van der Waals surface area contributed by atoms with Crippen molar-refractivity contribution in [2.75, 3.05) is 25.6 Å². The molecule has 1 aliphatic heterocycles. The van der Waals surface area contributed by atoms with Crippen LogP contribution in [0.3, 0.4) is 0 Å². The molecule has 1 amide bonds. The molecule has 3 rings (SSSR count). The Morgan fingerprint density at radius 1 is 1.32 bits per heavy atom. The van der Waals surface area contributed by atoms with E-state index in [1.165, 1.54) is 18.2 Å². The molecular weight excluding hydrogens is 361 g/mol. The first-order valence-electron chi connectivity index (χ1n) is 9.20. The van der Waals surface area contributed by atoms with Crippen LogP contribution in [0.25, 0.3) is 0 Å². The number of aryl methyl sites for hydroxylation is 1. The number of carbonyl (C=O) groups is 1. The molecule has 7 heteroatoms. The highest BCUT2D eigenvalue weighted by molar-refractivity contribution is 6.10. The number of anilines is 1. The third-order valence-corrected chi connectivity index (χ3v) is 4.40. The smallest absolute Gasteiger partial charge is 0.258 e. The summed E-state index contributed by atoms with van der Waals surface area (Å²) in [6, 6.07) is 11.2. The summed E-state index contributed by atoms with van der Waals surface area (Å²) in [6.07, 6.45) is 1.97. The second-order valence-corrected chi connectivity index (χ2v) is 6.62. The number of nitrogens with one attached hydrogen (secondary N) is 2. The lowest BCUT2D eigenvalue weighted by atomic mass is 10.2. The third-order valence-electron chi connectivity index (χ3n) is 4.40. The summed E-state index contributed by atoms with van der Waals surface area (Å²) in [5.74, 6) is -0.0485. The average molecular weight is 385 g/mol. The summed E-state index contributed by atoms with van der Waals surface area (Å²) in [6.45, 7) is 3.10. The highest BCUT2D eigenvalue weighted by atomic mass is 19.1. The van der Waals surface area contributed by atoms with Crippen LogP contribution >= 0.6 is 0 Å². The van der Waals surface area contributed by atoms with Crippen LogP contribution in [0, 0.1) is 12.7 Å². The van der Waals surface area contributed by atoms with Crippen LogP contribution in [0.4, 0.5) is 10.1 Å². The van der Waals surface area contributed by atoms with Crippen molar-refractivity contribution in [1.29, 1.82) is 0 Å². The molecule has 0 bridgehead atoms. The molecule has 1 fully saturated rings. The van der Waals surface area contributed by atoms with E-state index < -0.39 is 11.7 Å². The van der Waals surface area contributed by atoms with E-state index >= 15 is 0 Å². The van der Waals surface area contributed by atoms with Crippen molar-refractivity contribution in [1.82, 2.24) is 5.32 Å². The van der Waals surface area contributed by atoms with Crippen LogP contribution in [0.5, 0.6) is 5.75 Å². The predicted octanol–water partition coefficient (Wildman–Crippen LogP) is 3.52. The molecule has 1 saturated heterocycles. The zero-order chi connectivity index (χ0) is 19.9. The number of hydrogen-bond acceptors (Lipinski definition) is 4. The second kappa shape index (κ2) is 9.32. The van der Waals surface area contributed by atoms with E-state index in [2.05, 4.69) is 15.6 Å². The van der Waals surface area contributed by atoms with Gasteiger partial charge in [-0.25, -0.2) is 9.38 Å². The van der Waals surface area contributed by atoms with Gasteiger partial charge >= 0.3 is 0 Å². The fourth-order valence-electron chi connectivity index (χ4n) is 2.95. The van der Waals surface area contributed by atoms with Gasteiger partial charge in [-0.3, -0.25) is 10.1 Å². The molecule has 1 aliphatic rings. The molecule has 0 radical (unpaired) electrons. The van der Waals surface area contributed by atoms with Gasteiger partial charge in [0.2, 0.25) is 5.96 Å². The second-order valence-electron chi connectivity index (χ2n) is 6.62. The zero-order valence-electron chi connectivity index (χ0n) is 16.0. The number of halogens is 1. The fourth-order valence-corrected chi connectivity index (χ4v) is 2.95. The molecule has 148 valence electrons. The quantitative estimate of drug-likeness (QED) is 0.610. The Labute approximate surface area is 163 Å². The number of nitrogens with zero attached hydrogens (tertiary/aromatic N) is 1. The number of ether oxygens (including phenoxy) is 2. The van der Waals surface area contributed by atoms with Crippen LogP contribution < -0.4 is 15.4 Å². The van der Waals surface area contributed by atoms with E-state index in [0.29, 0.717) is 18.0 Å². The van der Waals surface area contributed by atoms with Gasteiger partial charge in [-0.1, -0.05) is 12.1 Å². The maximum Gasteiger partial charge on any atom is 0.258 e. The molecule has 0 aromatic heterocycles. The Morgan fingerprint density at radius 3 is 2.89 bits per heavy atom. The minimum atomic E-state index is -0.473.